The van der Waals surface area contributed by atoms with Crippen LogP contribution in [0.3, 0.4) is 0 Å². The number of benzene rings is 1. The number of aromatic amines is 1. The molecule has 6 nitrogen and oxygen atoms in total. The average molecular weight is 320 g/mol. The smallest absolute Gasteiger partial charge is 0.270 e. The highest BCUT2D eigenvalue weighted by Gasteiger charge is 2.32. The number of nitro groups is 1. The standard InChI is InChI=1S/C15H14ClN3O3/c16-12-9-10(19(21)22)5-6-11(12)15(20)18-8-2-4-14(18)13-3-1-7-17-13/h1,3,5-7,9,14,17H,2,4,8H2/t14-/m0/s1. The summed E-state index contributed by atoms with van der Waals surface area (Å²) in [6.07, 6.45) is 3.63. The Morgan fingerprint density at radius 1 is 1.41 bits per heavy atom. The van der Waals surface area contributed by atoms with Crippen LogP contribution < -0.4 is 0 Å². The number of nitrogens with one attached hydrogen (secondary N) is 1. The third kappa shape index (κ3) is 2.57. The largest absolute Gasteiger partial charge is 0.363 e. The predicted octanol–water partition coefficient (Wildman–Crippen LogP) is 3.55. The van der Waals surface area contributed by atoms with Crippen molar-refractivity contribution in [3.8, 4) is 0 Å². The maximum absolute atomic E-state index is 12.7. The summed E-state index contributed by atoms with van der Waals surface area (Å²) >= 11 is 6.06. The van der Waals surface area contributed by atoms with E-state index in [-0.39, 0.29) is 22.7 Å². The summed E-state index contributed by atoms with van der Waals surface area (Å²) in [4.78, 5) is 27.8. The molecule has 2 heterocycles. The van der Waals surface area contributed by atoms with Gasteiger partial charge < -0.3 is 9.88 Å². The summed E-state index contributed by atoms with van der Waals surface area (Å²) in [7, 11) is 0. The second-order valence-corrected chi connectivity index (χ2v) is 5.61. The third-order valence-electron chi connectivity index (χ3n) is 3.89. The van der Waals surface area contributed by atoms with Crippen molar-refractivity contribution < 1.29 is 9.72 Å². The first-order valence-corrected chi connectivity index (χ1v) is 7.34. The zero-order valence-corrected chi connectivity index (χ0v) is 12.4. The Morgan fingerprint density at radius 2 is 2.23 bits per heavy atom. The Labute approximate surface area is 131 Å². The van der Waals surface area contributed by atoms with Crippen molar-refractivity contribution in [1.82, 2.24) is 9.88 Å². The fourth-order valence-corrected chi connectivity index (χ4v) is 3.09. The lowest BCUT2D eigenvalue weighted by molar-refractivity contribution is -0.384. The maximum atomic E-state index is 12.7. The number of carbonyl (C=O) groups excluding carboxylic acids is 1. The van der Waals surface area contributed by atoms with Gasteiger partial charge in [0.15, 0.2) is 0 Å². The van der Waals surface area contributed by atoms with Gasteiger partial charge in [-0.2, -0.15) is 0 Å². The van der Waals surface area contributed by atoms with E-state index in [9.17, 15) is 14.9 Å². The molecule has 0 saturated carbocycles. The summed E-state index contributed by atoms with van der Waals surface area (Å²) < 4.78 is 0. The van der Waals surface area contributed by atoms with Crippen LogP contribution in [0.25, 0.3) is 0 Å². The normalized spacial score (nSPS) is 17.7. The van der Waals surface area contributed by atoms with E-state index in [0.717, 1.165) is 18.5 Å². The van der Waals surface area contributed by atoms with E-state index in [4.69, 9.17) is 11.6 Å². The summed E-state index contributed by atoms with van der Waals surface area (Å²) in [5.74, 6) is -0.197. The molecule has 1 N–H and O–H groups in total. The maximum Gasteiger partial charge on any atom is 0.270 e. The van der Waals surface area contributed by atoms with Crippen LogP contribution in [0.2, 0.25) is 5.02 Å². The number of non-ortho nitro benzene ring substituents is 1. The molecular weight excluding hydrogens is 306 g/mol. The zero-order chi connectivity index (χ0) is 15.7. The van der Waals surface area contributed by atoms with Crippen LogP contribution in [0.5, 0.6) is 0 Å². The van der Waals surface area contributed by atoms with Gasteiger partial charge in [-0.1, -0.05) is 11.6 Å². The molecule has 3 rings (SSSR count). The number of amides is 1. The molecule has 1 aromatic heterocycles. The number of aromatic nitrogens is 1. The van der Waals surface area contributed by atoms with Crippen LogP contribution in [0.15, 0.2) is 36.5 Å². The zero-order valence-electron chi connectivity index (χ0n) is 11.7. The molecule has 0 aliphatic carbocycles. The van der Waals surface area contributed by atoms with E-state index in [2.05, 4.69) is 4.98 Å². The minimum absolute atomic E-state index is 0.00578. The second kappa shape index (κ2) is 5.81. The van der Waals surface area contributed by atoms with Gasteiger partial charge in [0.2, 0.25) is 0 Å². The summed E-state index contributed by atoms with van der Waals surface area (Å²) in [6.45, 7) is 0.649. The first-order chi connectivity index (χ1) is 10.6. The number of H-pyrrole nitrogens is 1. The summed E-state index contributed by atoms with van der Waals surface area (Å²) in [5, 5.41) is 10.9. The molecular formula is C15H14ClN3O3. The molecule has 1 atom stereocenters. The third-order valence-corrected chi connectivity index (χ3v) is 4.20. The van der Waals surface area contributed by atoms with E-state index in [1.165, 1.54) is 18.2 Å². The quantitative estimate of drug-likeness (QED) is 0.694. The molecule has 0 spiro atoms. The van der Waals surface area contributed by atoms with Gasteiger partial charge in [0.25, 0.3) is 11.6 Å². The number of hydrogen-bond donors (Lipinski definition) is 1. The lowest BCUT2D eigenvalue weighted by Gasteiger charge is -2.24. The van der Waals surface area contributed by atoms with Crippen molar-refractivity contribution in [1.29, 1.82) is 0 Å². The highest BCUT2D eigenvalue weighted by Crippen LogP contribution is 2.34. The van der Waals surface area contributed by atoms with Crippen LogP contribution >= 0.6 is 11.6 Å². The fraction of sp³-hybridized carbons (Fsp3) is 0.267. The highest BCUT2D eigenvalue weighted by atomic mass is 35.5. The van der Waals surface area contributed by atoms with Gasteiger partial charge in [-0.25, -0.2) is 0 Å². The number of nitro benzene ring substituents is 1. The van der Waals surface area contributed by atoms with Crippen LogP contribution in [0.1, 0.15) is 34.9 Å². The van der Waals surface area contributed by atoms with Gasteiger partial charge >= 0.3 is 0 Å². The van der Waals surface area contributed by atoms with E-state index in [1.54, 1.807) is 4.90 Å². The van der Waals surface area contributed by atoms with Gasteiger partial charge in [-0.15, -0.1) is 0 Å². The first kappa shape index (κ1) is 14.6. The number of hydrogen-bond acceptors (Lipinski definition) is 3. The molecule has 0 radical (unpaired) electrons. The SMILES string of the molecule is O=C(c1ccc([N+](=O)[O-])cc1Cl)N1CCC[C@H]1c1ccc[nH]1. The Morgan fingerprint density at radius 3 is 2.86 bits per heavy atom. The molecule has 2 aromatic rings. The molecule has 22 heavy (non-hydrogen) atoms. The Balaban J connectivity index is 1.89. The number of likely N-dealkylation sites (tertiary alicyclic amines) is 1. The topological polar surface area (TPSA) is 79.2 Å². The molecule has 1 aromatic carbocycles. The van der Waals surface area contributed by atoms with E-state index in [0.29, 0.717) is 12.1 Å². The lowest BCUT2D eigenvalue weighted by atomic mass is 10.1. The number of rotatable bonds is 3. The first-order valence-electron chi connectivity index (χ1n) is 6.96. The van der Waals surface area contributed by atoms with Crippen molar-refractivity contribution in [3.05, 3.63) is 62.9 Å². The van der Waals surface area contributed by atoms with Crippen LogP contribution in [-0.4, -0.2) is 27.3 Å². The summed E-state index contributed by atoms with van der Waals surface area (Å²) in [5.41, 5.74) is 1.17. The van der Waals surface area contributed by atoms with Crippen molar-refractivity contribution in [2.24, 2.45) is 0 Å². The van der Waals surface area contributed by atoms with Gasteiger partial charge in [0.05, 0.1) is 21.6 Å². The molecule has 0 bridgehead atoms. The van der Waals surface area contributed by atoms with Crippen molar-refractivity contribution in [2.75, 3.05) is 6.54 Å². The van der Waals surface area contributed by atoms with Crippen molar-refractivity contribution in [2.45, 2.75) is 18.9 Å². The van der Waals surface area contributed by atoms with Gasteiger partial charge in [0.1, 0.15) is 0 Å². The lowest BCUT2D eigenvalue weighted by Crippen LogP contribution is -2.30. The molecule has 0 unspecified atom stereocenters. The minimum atomic E-state index is -0.530. The molecule has 1 aliphatic rings. The number of halogens is 1. The molecule has 114 valence electrons. The predicted molar refractivity (Wildman–Crippen MR) is 81.9 cm³/mol. The molecule has 1 aliphatic heterocycles. The average Bonchev–Trinajstić information content (AvgIpc) is 3.16. The van der Waals surface area contributed by atoms with Crippen LogP contribution in [-0.2, 0) is 0 Å². The van der Waals surface area contributed by atoms with E-state index < -0.39 is 4.92 Å². The second-order valence-electron chi connectivity index (χ2n) is 5.20. The van der Waals surface area contributed by atoms with Gasteiger partial charge in [0, 0.05) is 30.6 Å². The Kier molecular flexibility index (Phi) is 3.85. The Bertz CT molecular complexity index is 715. The molecule has 1 fully saturated rings. The minimum Gasteiger partial charge on any atom is -0.363 e. The van der Waals surface area contributed by atoms with Gasteiger partial charge in [-0.3, -0.25) is 14.9 Å². The fourth-order valence-electron chi connectivity index (χ4n) is 2.83. The Hall–Kier alpha value is -2.34. The number of carbonyl (C=O) groups is 1. The number of nitrogens with zero attached hydrogens (tertiary/aromatic N) is 2. The molecule has 7 heteroatoms. The van der Waals surface area contributed by atoms with Crippen molar-refractivity contribution >= 4 is 23.2 Å². The summed E-state index contributed by atoms with van der Waals surface area (Å²) in [6, 6.07) is 7.79. The van der Waals surface area contributed by atoms with Crippen LogP contribution in [0.4, 0.5) is 5.69 Å². The van der Waals surface area contributed by atoms with E-state index >= 15 is 0 Å². The van der Waals surface area contributed by atoms with Gasteiger partial charge in [-0.05, 0) is 31.0 Å². The van der Waals surface area contributed by atoms with Crippen molar-refractivity contribution in [3.63, 3.8) is 0 Å². The molecule has 1 saturated heterocycles. The van der Waals surface area contributed by atoms with Crippen LogP contribution in [0, 0.1) is 10.1 Å². The van der Waals surface area contributed by atoms with E-state index in [1.807, 2.05) is 18.3 Å². The molecule has 1 amide bonds. The monoisotopic (exact) mass is 319 g/mol. The highest BCUT2D eigenvalue weighted by molar-refractivity contribution is 6.34.